The highest BCUT2D eigenvalue weighted by Gasteiger charge is 2.19. The lowest BCUT2D eigenvalue weighted by Gasteiger charge is -2.16. The van der Waals surface area contributed by atoms with Gasteiger partial charge in [0.05, 0.1) is 5.69 Å². The molecular formula is C14H13N5O. The van der Waals surface area contributed by atoms with Crippen LogP contribution in [0.3, 0.4) is 0 Å². The number of hydrogen-bond acceptors (Lipinski definition) is 5. The molecule has 1 N–H and O–H groups in total. The van der Waals surface area contributed by atoms with Gasteiger partial charge in [-0.1, -0.05) is 0 Å². The Kier molecular flexibility index (Phi) is 3.17. The van der Waals surface area contributed by atoms with Crippen molar-refractivity contribution in [1.82, 2.24) is 15.0 Å². The van der Waals surface area contributed by atoms with E-state index in [1.165, 1.54) is 0 Å². The number of pyridine rings is 1. The average molecular weight is 267 g/mol. The zero-order valence-corrected chi connectivity index (χ0v) is 10.8. The van der Waals surface area contributed by atoms with E-state index in [1.54, 1.807) is 24.5 Å². The molecule has 20 heavy (non-hydrogen) atoms. The summed E-state index contributed by atoms with van der Waals surface area (Å²) in [4.78, 5) is 25.2. The van der Waals surface area contributed by atoms with Crippen LogP contribution in [-0.4, -0.2) is 28.0 Å². The molecular weight excluding hydrogens is 254 g/mol. The van der Waals surface area contributed by atoms with E-state index in [-0.39, 0.29) is 5.56 Å². The van der Waals surface area contributed by atoms with Gasteiger partial charge in [-0.05, 0) is 25.0 Å². The third kappa shape index (κ3) is 2.14. The third-order valence-corrected chi connectivity index (χ3v) is 3.38. The van der Waals surface area contributed by atoms with E-state index in [9.17, 15) is 10.1 Å². The molecule has 2 aromatic heterocycles. The number of anilines is 1. The van der Waals surface area contributed by atoms with Gasteiger partial charge >= 0.3 is 0 Å². The molecule has 1 aliphatic rings. The smallest absolute Gasteiger partial charge is 0.270 e. The van der Waals surface area contributed by atoms with Gasteiger partial charge in [0.25, 0.3) is 5.56 Å². The van der Waals surface area contributed by atoms with Crippen molar-refractivity contribution in [3.63, 3.8) is 0 Å². The fourth-order valence-corrected chi connectivity index (χ4v) is 2.36. The van der Waals surface area contributed by atoms with Crippen LogP contribution >= 0.6 is 0 Å². The SMILES string of the molecule is N#Cc1c(-c2ccncc2)nc(N2CCCC2)[nH]c1=O. The van der Waals surface area contributed by atoms with Gasteiger partial charge in [0.1, 0.15) is 11.6 Å². The van der Waals surface area contributed by atoms with Crippen molar-refractivity contribution >= 4 is 5.95 Å². The van der Waals surface area contributed by atoms with Crippen LogP contribution < -0.4 is 10.5 Å². The van der Waals surface area contributed by atoms with Crippen molar-refractivity contribution < 1.29 is 0 Å². The number of rotatable bonds is 2. The number of nitriles is 1. The van der Waals surface area contributed by atoms with Gasteiger partial charge < -0.3 is 4.90 Å². The highest BCUT2D eigenvalue weighted by atomic mass is 16.1. The Balaban J connectivity index is 2.16. The Morgan fingerprint density at radius 1 is 1.25 bits per heavy atom. The average Bonchev–Trinajstić information content (AvgIpc) is 3.01. The molecule has 0 atom stereocenters. The van der Waals surface area contributed by atoms with Gasteiger partial charge in [0, 0.05) is 31.0 Å². The maximum Gasteiger partial charge on any atom is 0.270 e. The van der Waals surface area contributed by atoms with Crippen LogP contribution in [0.25, 0.3) is 11.3 Å². The van der Waals surface area contributed by atoms with E-state index in [1.807, 2.05) is 11.0 Å². The summed E-state index contributed by atoms with van der Waals surface area (Å²) in [5.41, 5.74) is 0.791. The minimum absolute atomic E-state index is 0.0409. The molecule has 0 aliphatic carbocycles. The largest absolute Gasteiger partial charge is 0.342 e. The molecule has 0 bridgehead atoms. The summed E-state index contributed by atoms with van der Waals surface area (Å²) < 4.78 is 0. The molecule has 6 heteroatoms. The predicted octanol–water partition coefficient (Wildman–Crippen LogP) is 1.30. The molecule has 1 fully saturated rings. The zero-order chi connectivity index (χ0) is 13.9. The summed E-state index contributed by atoms with van der Waals surface area (Å²) >= 11 is 0. The second-order valence-corrected chi connectivity index (χ2v) is 4.65. The predicted molar refractivity (Wildman–Crippen MR) is 74.3 cm³/mol. The Labute approximate surface area is 115 Å². The van der Waals surface area contributed by atoms with E-state index in [0.717, 1.165) is 31.5 Å². The second kappa shape index (κ2) is 5.13. The maximum absolute atomic E-state index is 12.1. The minimum Gasteiger partial charge on any atom is -0.342 e. The monoisotopic (exact) mass is 267 g/mol. The minimum atomic E-state index is -0.392. The first-order valence-electron chi connectivity index (χ1n) is 6.49. The first-order chi connectivity index (χ1) is 9.79. The third-order valence-electron chi connectivity index (χ3n) is 3.38. The molecule has 0 radical (unpaired) electrons. The van der Waals surface area contributed by atoms with Crippen molar-refractivity contribution in [2.24, 2.45) is 0 Å². The zero-order valence-electron chi connectivity index (χ0n) is 10.8. The lowest BCUT2D eigenvalue weighted by Crippen LogP contribution is -2.25. The van der Waals surface area contributed by atoms with Gasteiger partial charge in [-0.25, -0.2) is 4.98 Å². The highest BCUT2D eigenvalue weighted by Crippen LogP contribution is 2.22. The van der Waals surface area contributed by atoms with E-state index < -0.39 is 5.56 Å². The molecule has 0 spiro atoms. The topological polar surface area (TPSA) is 85.7 Å². The Morgan fingerprint density at radius 3 is 2.60 bits per heavy atom. The lowest BCUT2D eigenvalue weighted by atomic mass is 10.1. The van der Waals surface area contributed by atoms with Gasteiger partial charge in [-0.2, -0.15) is 5.26 Å². The Bertz CT molecular complexity index is 711. The van der Waals surface area contributed by atoms with Crippen molar-refractivity contribution in [3.8, 4) is 17.3 Å². The number of H-pyrrole nitrogens is 1. The summed E-state index contributed by atoms with van der Waals surface area (Å²) in [6.07, 6.45) is 5.42. The van der Waals surface area contributed by atoms with Crippen LogP contribution in [0.2, 0.25) is 0 Å². The maximum atomic E-state index is 12.1. The molecule has 1 saturated heterocycles. The summed E-state index contributed by atoms with van der Waals surface area (Å²) in [5.74, 6) is 0.540. The van der Waals surface area contributed by atoms with Crippen LogP contribution in [-0.2, 0) is 0 Å². The Hall–Kier alpha value is -2.68. The van der Waals surface area contributed by atoms with Gasteiger partial charge in [-0.15, -0.1) is 0 Å². The molecule has 0 unspecified atom stereocenters. The molecule has 0 aromatic carbocycles. The fourth-order valence-electron chi connectivity index (χ4n) is 2.36. The summed E-state index contributed by atoms with van der Waals surface area (Å²) in [7, 11) is 0. The van der Waals surface area contributed by atoms with Gasteiger partial charge in [0.2, 0.25) is 5.95 Å². The van der Waals surface area contributed by atoms with Crippen LogP contribution in [0, 0.1) is 11.3 Å². The first kappa shape index (κ1) is 12.4. The number of hydrogen-bond donors (Lipinski definition) is 1. The molecule has 0 saturated carbocycles. The molecule has 1 aliphatic heterocycles. The number of nitrogens with zero attached hydrogens (tertiary/aromatic N) is 4. The summed E-state index contributed by atoms with van der Waals surface area (Å²) in [6.45, 7) is 1.76. The highest BCUT2D eigenvalue weighted by molar-refractivity contribution is 5.66. The van der Waals surface area contributed by atoms with Crippen LogP contribution in [0.15, 0.2) is 29.3 Å². The lowest BCUT2D eigenvalue weighted by molar-refractivity contribution is 0.889. The number of nitrogens with one attached hydrogen (secondary N) is 1. The second-order valence-electron chi connectivity index (χ2n) is 4.65. The van der Waals surface area contributed by atoms with Crippen molar-refractivity contribution in [3.05, 3.63) is 40.4 Å². The van der Waals surface area contributed by atoms with Crippen molar-refractivity contribution in [2.75, 3.05) is 18.0 Å². The number of aromatic nitrogens is 3. The molecule has 3 heterocycles. The van der Waals surface area contributed by atoms with E-state index in [0.29, 0.717) is 11.6 Å². The van der Waals surface area contributed by atoms with Crippen LogP contribution in [0.4, 0.5) is 5.95 Å². The molecule has 100 valence electrons. The van der Waals surface area contributed by atoms with Crippen molar-refractivity contribution in [2.45, 2.75) is 12.8 Å². The Morgan fingerprint density at radius 2 is 1.95 bits per heavy atom. The van der Waals surface area contributed by atoms with Gasteiger partial charge in [-0.3, -0.25) is 14.8 Å². The molecule has 3 rings (SSSR count). The van der Waals surface area contributed by atoms with Gasteiger partial charge in [0.15, 0.2) is 0 Å². The quantitative estimate of drug-likeness (QED) is 0.886. The van der Waals surface area contributed by atoms with E-state index >= 15 is 0 Å². The summed E-state index contributed by atoms with van der Waals surface area (Å²) in [6, 6.07) is 5.43. The normalized spacial score (nSPS) is 14.2. The van der Waals surface area contributed by atoms with Crippen LogP contribution in [0.1, 0.15) is 18.4 Å². The first-order valence-corrected chi connectivity index (χ1v) is 6.49. The van der Waals surface area contributed by atoms with Crippen molar-refractivity contribution in [1.29, 1.82) is 5.26 Å². The molecule has 2 aromatic rings. The molecule has 6 nitrogen and oxygen atoms in total. The molecule has 0 amide bonds. The fraction of sp³-hybridized carbons (Fsp3) is 0.286. The van der Waals surface area contributed by atoms with Crippen LogP contribution in [0.5, 0.6) is 0 Å². The van der Waals surface area contributed by atoms with E-state index in [2.05, 4.69) is 15.0 Å². The summed E-state index contributed by atoms with van der Waals surface area (Å²) in [5, 5.41) is 9.18. The van der Waals surface area contributed by atoms with E-state index in [4.69, 9.17) is 0 Å². The standard InChI is InChI=1S/C14H13N5O/c15-9-11-12(10-3-5-16-6-4-10)17-14(18-13(11)20)19-7-1-2-8-19/h3-6H,1-2,7-8H2,(H,17,18,20). The number of aromatic amines is 1.